The molecule has 0 aliphatic carbocycles. The summed E-state index contributed by atoms with van der Waals surface area (Å²) in [6, 6.07) is 11.6. The molecule has 2 rings (SSSR count). The molecule has 0 bridgehead atoms. The Bertz CT molecular complexity index is 757. The van der Waals surface area contributed by atoms with E-state index in [1.807, 2.05) is 37.3 Å². The Morgan fingerprint density at radius 1 is 1.12 bits per heavy atom. The molecular weight excluding hydrogens is 322 g/mol. The molecule has 6 heteroatoms. The van der Waals surface area contributed by atoms with Crippen LogP contribution in [-0.2, 0) is 14.3 Å². The number of carbonyl (C=O) groups is 2. The molecule has 1 amide bonds. The molecule has 0 spiro atoms. The van der Waals surface area contributed by atoms with E-state index in [9.17, 15) is 9.59 Å². The Labute approximate surface area is 146 Å². The summed E-state index contributed by atoms with van der Waals surface area (Å²) in [5.74, 6) is 0.0320. The van der Waals surface area contributed by atoms with Crippen LogP contribution in [0, 0.1) is 6.92 Å². The molecular formula is C19H21NO5. The van der Waals surface area contributed by atoms with E-state index >= 15 is 0 Å². The minimum Gasteiger partial charge on any atom is -0.460 e. The first-order chi connectivity index (χ1) is 12.1. The van der Waals surface area contributed by atoms with E-state index < -0.39 is 12.1 Å². The number of nitrogens with one attached hydrogen (secondary N) is 1. The molecule has 2 aromatic carbocycles. The average Bonchev–Trinajstić information content (AvgIpc) is 2.63. The summed E-state index contributed by atoms with van der Waals surface area (Å²) < 4.78 is 15.3. The zero-order valence-corrected chi connectivity index (χ0v) is 14.1. The number of benzene rings is 2. The van der Waals surface area contributed by atoms with E-state index in [2.05, 4.69) is 11.9 Å². The molecule has 0 heterocycles. The summed E-state index contributed by atoms with van der Waals surface area (Å²) in [5, 5.41) is 4.75. The number of fused-ring (bicyclic) bond motifs is 1. The second-order valence-electron chi connectivity index (χ2n) is 5.21. The van der Waals surface area contributed by atoms with Gasteiger partial charge in [-0.1, -0.05) is 36.9 Å². The lowest BCUT2D eigenvalue weighted by Gasteiger charge is -2.11. The highest BCUT2D eigenvalue weighted by atomic mass is 16.6. The van der Waals surface area contributed by atoms with Gasteiger partial charge in [0.25, 0.3) is 0 Å². The van der Waals surface area contributed by atoms with E-state index in [0.717, 1.165) is 22.4 Å². The van der Waals surface area contributed by atoms with Gasteiger partial charge in [0.15, 0.2) is 0 Å². The lowest BCUT2D eigenvalue weighted by Crippen LogP contribution is -2.30. The fourth-order valence-electron chi connectivity index (χ4n) is 2.24. The smallest absolute Gasteiger partial charge is 0.412 e. The molecule has 0 atom stereocenters. The number of rotatable bonds is 8. The van der Waals surface area contributed by atoms with Crippen LogP contribution >= 0.6 is 0 Å². The summed E-state index contributed by atoms with van der Waals surface area (Å²) in [7, 11) is 0. The second kappa shape index (κ2) is 9.44. The first kappa shape index (κ1) is 18.5. The molecule has 6 nitrogen and oxygen atoms in total. The summed E-state index contributed by atoms with van der Waals surface area (Å²) in [6.07, 6.45) is 0.548. The van der Waals surface area contributed by atoms with Crippen LogP contribution in [0.3, 0.4) is 0 Å². The first-order valence-corrected chi connectivity index (χ1v) is 7.93. The summed E-state index contributed by atoms with van der Waals surface area (Å²) in [4.78, 5) is 22.7. The number of hydrogen-bond donors (Lipinski definition) is 1. The second-order valence-corrected chi connectivity index (χ2v) is 5.21. The molecule has 1 N–H and O–H groups in total. The van der Waals surface area contributed by atoms with Gasteiger partial charge < -0.3 is 19.5 Å². The van der Waals surface area contributed by atoms with Crippen molar-refractivity contribution in [3.63, 3.8) is 0 Å². The largest absolute Gasteiger partial charge is 0.460 e. The first-order valence-electron chi connectivity index (χ1n) is 7.93. The van der Waals surface area contributed by atoms with Crippen LogP contribution in [0.5, 0.6) is 5.75 Å². The Hall–Kier alpha value is -2.86. The minimum atomic E-state index is -0.542. The quantitative estimate of drug-likeness (QED) is 0.453. The number of amides is 1. The van der Waals surface area contributed by atoms with Crippen molar-refractivity contribution >= 4 is 22.8 Å². The summed E-state index contributed by atoms with van der Waals surface area (Å²) >= 11 is 0. The van der Waals surface area contributed by atoms with Crippen molar-refractivity contribution in [2.24, 2.45) is 0 Å². The number of hydrogen-bond acceptors (Lipinski definition) is 5. The Morgan fingerprint density at radius 3 is 2.72 bits per heavy atom. The zero-order chi connectivity index (χ0) is 18.1. The number of esters is 1. The van der Waals surface area contributed by atoms with Gasteiger partial charge in [-0.05, 0) is 29.3 Å². The van der Waals surface area contributed by atoms with E-state index in [0.29, 0.717) is 12.3 Å². The van der Waals surface area contributed by atoms with E-state index in [1.54, 1.807) is 6.07 Å². The fraction of sp³-hybridized carbons (Fsp3) is 0.263. The highest BCUT2D eigenvalue weighted by Crippen LogP contribution is 2.26. The van der Waals surface area contributed by atoms with Gasteiger partial charge in [0.05, 0.1) is 13.2 Å². The fourth-order valence-corrected chi connectivity index (χ4v) is 2.24. The monoisotopic (exact) mass is 343 g/mol. The van der Waals surface area contributed by atoms with Gasteiger partial charge in [0.2, 0.25) is 0 Å². The molecule has 0 saturated carbocycles. The van der Waals surface area contributed by atoms with Gasteiger partial charge in [-0.3, -0.25) is 0 Å². The van der Waals surface area contributed by atoms with Crippen molar-refractivity contribution < 1.29 is 23.8 Å². The number of ether oxygens (including phenoxy) is 3. The SMILES string of the molecule is C=CC(=O)OCCOCCNC(=O)Oc1ccc2ccccc2c1C. The van der Waals surface area contributed by atoms with Crippen LogP contribution in [0.15, 0.2) is 49.1 Å². The topological polar surface area (TPSA) is 73.9 Å². The Balaban J connectivity index is 1.71. The van der Waals surface area contributed by atoms with Crippen molar-refractivity contribution in [3.05, 3.63) is 54.6 Å². The van der Waals surface area contributed by atoms with Crippen LogP contribution in [0.25, 0.3) is 10.8 Å². The minimum absolute atomic E-state index is 0.144. The average molecular weight is 343 g/mol. The Kier molecular flexibility index (Phi) is 6.98. The highest BCUT2D eigenvalue weighted by molar-refractivity contribution is 5.88. The molecule has 0 saturated heterocycles. The standard InChI is InChI=1S/C19H21NO5/c1-3-18(21)24-13-12-23-11-10-20-19(22)25-17-9-8-15-6-4-5-7-16(15)14(17)2/h3-9H,1,10-13H2,2H3,(H,20,22). The third-order valence-corrected chi connectivity index (χ3v) is 3.51. The van der Waals surface area contributed by atoms with Crippen LogP contribution in [0.4, 0.5) is 4.79 Å². The Morgan fingerprint density at radius 2 is 1.92 bits per heavy atom. The van der Waals surface area contributed by atoms with Crippen LogP contribution in [0.2, 0.25) is 0 Å². The van der Waals surface area contributed by atoms with Crippen molar-refractivity contribution in [3.8, 4) is 5.75 Å². The normalized spacial score (nSPS) is 10.3. The van der Waals surface area contributed by atoms with E-state index in [4.69, 9.17) is 14.2 Å². The van der Waals surface area contributed by atoms with E-state index in [1.165, 1.54) is 0 Å². The molecule has 0 aliphatic heterocycles. The summed E-state index contributed by atoms with van der Waals surface area (Å²) in [5.41, 5.74) is 0.911. The lowest BCUT2D eigenvalue weighted by atomic mass is 10.1. The van der Waals surface area contributed by atoms with Gasteiger partial charge in [-0.15, -0.1) is 0 Å². The van der Waals surface area contributed by atoms with Gasteiger partial charge >= 0.3 is 12.1 Å². The van der Waals surface area contributed by atoms with Crippen molar-refractivity contribution in [2.45, 2.75) is 6.92 Å². The predicted octanol–water partition coefficient (Wildman–Crippen LogP) is 2.98. The maximum Gasteiger partial charge on any atom is 0.412 e. The van der Waals surface area contributed by atoms with Crippen molar-refractivity contribution in [1.29, 1.82) is 0 Å². The van der Waals surface area contributed by atoms with Crippen molar-refractivity contribution in [1.82, 2.24) is 5.32 Å². The molecule has 2 aromatic rings. The summed E-state index contributed by atoms with van der Waals surface area (Å²) in [6.45, 7) is 6.18. The third kappa shape index (κ3) is 5.61. The molecule has 0 aromatic heterocycles. The number of aryl methyl sites for hydroxylation is 1. The van der Waals surface area contributed by atoms with Crippen molar-refractivity contribution in [2.75, 3.05) is 26.4 Å². The van der Waals surface area contributed by atoms with Gasteiger partial charge in [0.1, 0.15) is 12.4 Å². The van der Waals surface area contributed by atoms with Crippen LogP contribution in [-0.4, -0.2) is 38.4 Å². The van der Waals surface area contributed by atoms with Crippen LogP contribution in [0.1, 0.15) is 5.56 Å². The molecule has 132 valence electrons. The molecule has 25 heavy (non-hydrogen) atoms. The van der Waals surface area contributed by atoms with E-state index in [-0.39, 0.29) is 19.8 Å². The maximum atomic E-state index is 11.8. The molecule has 0 unspecified atom stereocenters. The maximum absolute atomic E-state index is 11.8. The molecule has 0 fully saturated rings. The zero-order valence-electron chi connectivity index (χ0n) is 14.1. The number of carbonyl (C=O) groups excluding carboxylic acids is 2. The van der Waals surface area contributed by atoms with Gasteiger partial charge in [0, 0.05) is 12.6 Å². The van der Waals surface area contributed by atoms with Gasteiger partial charge in [-0.2, -0.15) is 0 Å². The lowest BCUT2D eigenvalue weighted by molar-refractivity contribution is -0.139. The molecule has 0 radical (unpaired) electrons. The predicted molar refractivity (Wildman–Crippen MR) is 94.7 cm³/mol. The molecule has 0 aliphatic rings. The highest BCUT2D eigenvalue weighted by Gasteiger charge is 2.09. The third-order valence-electron chi connectivity index (χ3n) is 3.51. The van der Waals surface area contributed by atoms with Gasteiger partial charge in [-0.25, -0.2) is 9.59 Å². The van der Waals surface area contributed by atoms with Crippen LogP contribution < -0.4 is 10.1 Å².